The van der Waals surface area contributed by atoms with E-state index in [2.05, 4.69) is 5.32 Å². The molecule has 0 radical (unpaired) electrons. The molecule has 2 aromatic rings. The first-order valence-electron chi connectivity index (χ1n) is 14.4. The number of aryl methyl sites for hydroxylation is 1. The lowest BCUT2D eigenvalue weighted by molar-refractivity contribution is -0.139. The van der Waals surface area contributed by atoms with Crippen molar-refractivity contribution in [1.82, 2.24) is 9.62 Å². The Morgan fingerprint density at radius 3 is 2.51 bits per heavy atom. The van der Waals surface area contributed by atoms with Crippen molar-refractivity contribution in [2.24, 2.45) is 5.92 Å². The maximum Gasteiger partial charge on any atom is 0.326 e. The van der Waals surface area contributed by atoms with Gasteiger partial charge in [-0.25, -0.2) is 13.2 Å². The number of carboxylic acids is 1. The molecule has 1 aliphatic rings. The van der Waals surface area contributed by atoms with Crippen molar-refractivity contribution in [2.45, 2.75) is 70.9 Å². The van der Waals surface area contributed by atoms with Gasteiger partial charge in [0.1, 0.15) is 6.04 Å². The third kappa shape index (κ3) is 10.0. The Kier molecular flexibility index (Phi) is 13.5. The van der Waals surface area contributed by atoms with Crippen LogP contribution in [0.25, 0.3) is 11.1 Å². The second-order valence-electron chi connectivity index (χ2n) is 10.8. The van der Waals surface area contributed by atoms with Gasteiger partial charge in [-0.15, -0.1) is 11.6 Å². The minimum absolute atomic E-state index is 0.00106. The van der Waals surface area contributed by atoms with E-state index in [0.29, 0.717) is 42.2 Å². The lowest BCUT2D eigenvalue weighted by Crippen LogP contribution is -2.41. The van der Waals surface area contributed by atoms with E-state index >= 15 is 0 Å². The molecule has 0 spiro atoms. The predicted octanol–water partition coefficient (Wildman–Crippen LogP) is 6.33. The number of aliphatic carboxylic acids is 1. The van der Waals surface area contributed by atoms with E-state index in [1.165, 1.54) is 31.0 Å². The lowest BCUT2D eigenvalue weighted by Gasteiger charge is -2.27. The SMILES string of the molecule is CSCC[C@H](NC(=O)c1ccc(CN(CCC2CCCCC2)S(=O)(=O)CCCCl)cc1-c1ccccc1C)C(=O)O. The van der Waals surface area contributed by atoms with Crippen LogP contribution in [0.15, 0.2) is 42.5 Å². The molecule has 41 heavy (non-hydrogen) atoms. The quantitative estimate of drug-likeness (QED) is 0.212. The molecule has 0 unspecified atom stereocenters. The number of rotatable bonds is 16. The highest BCUT2D eigenvalue weighted by molar-refractivity contribution is 7.98. The summed E-state index contributed by atoms with van der Waals surface area (Å²) in [6, 6.07) is 12.0. The van der Waals surface area contributed by atoms with Crippen molar-refractivity contribution in [1.29, 1.82) is 0 Å². The summed E-state index contributed by atoms with van der Waals surface area (Å²) in [5, 5.41) is 12.3. The average Bonchev–Trinajstić information content (AvgIpc) is 2.96. The monoisotopic (exact) mass is 622 g/mol. The largest absolute Gasteiger partial charge is 0.480 e. The molecule has 2 N–H and O–H groups in total. The molecule has 0 heterocycles. The highest BCUT2D eigenvalue weighted by Crippen LogP contribution is 2.30. The van der Waals surface area contributed by atoms with Crippen molar-refractivity contribution in [3.05, 3.63) is 59.2 Å². The van der Waals surface area contributed by atoms with Crippen LogP contribution in [-0.2, 0) is 21.4 Å². The third-order valence-electron chi connectivity index (χ3n) is 7.78. The molecular formula is C31H43ClN2O5S2. The van der Waals surface area contributed by atoms with Crippen LogP contribution in [-0.4, -0.2) is 65.9 Å². The zero-order chi connectivity index (χ0) is 29.8. The maximum absolute atomic E-state index is 13.4. The summed E-state index contributed by atoms with van der Waals surface area (Å²) in [6.45, 7) is 2.60. The number of halogens is 1. The smallest absolute Gasteiger partial charge is 0.326 e. The molecule has 0 aliphatic heterocycles. The van der Waals surface area contributed by atoms with Gasteiger partial charge in [-0.2, -0.15) is 16.1 Å². The van der Waals surface area contributed by atoms with Gasteiger partial charge < -0.3 is 10.4 Å². The highest BCUT2D eigenvalue weighted by atomic mass is 35.5. The Morgan fingerprint density at radius 1 is 1.12 bits per heavy atom. The standard InChI is InChI=1S/C31H43ClN2O5S2/c1-23-9-6-7-12-26(23)28-21-25(13-14-27(28)30(35)33-29(31(36)37)16-19-40-2)22-34(41(38,39)20-8-17-32)18-15-24-10-4-3-5-11-24/h6-7,9,12-14,21,24,29H,3-5,8,10-11,15-20,22H2,1-2H3,(H,33,35)(H,36,37)/t29-/m0/s1. The van der Waals surface area contributed by atoms with Crippen LogP contribution in [0.3, 0.4) is 0 Å². The van der Waals surface area contributed by atoms with Crippen LogP contribution in [0, 0.1) is 12.8 Å². The van der Waals surface area contributed by atoms with Crippen LogP contribution in [0.1, 0.15) is 72.9 Å². The van der Waals surface area contributed by atoms with Gasteiger partial charge in [-0.1, -0.05) is 62.4 Å². The molecule has 7 nitrogen and oxygen atoms in total. The fraction of sp³-hybridized carbons (Fsp3) is 0.548. The molecular weight excluding hydrogens is 580 g/mol. The average molecular weight is 623 g/mol. The molecule has 0 bridgehead atoms. The van der Waals surface area contributed by atoms with Gasteiger partial charge in [0, 0.05) is 24.5 Å². The van der Waals surface area contributed by atoms with Gasteiger partial charge in [-0.05, 0) is 78.5 Å². The maximum atomic E-state index is 13.4. The summed E-state index contributed by atoms with van der Waals surface area (Å²) in [5.74, 6) is -0.111. The Labute approximate surface area is 254 Å². The Balaban J connectivity index is 1.94. The minimum Gasteiger partial charge on any atom is -0.480 e. The number of nitrogens with zero attached hydrogens (tertiary/aromatic N) is 1. The molecule has 10 heteroatoms. The summed E-state index contributed by atoms with van der Waals surface area (Å²) in [6.07, 6.45) is 9.37. The van der Waals surface area contributed by atoms with E-state index in [9.17, 15) is 23.1 Å². The van der Waals surface area contributed by atoms with E-state index in [1.807, 2.05) is 43.5 Å². The number of alkyl halides is 1. The number of amides is 1. The number of nitrogens with one attached hydrogen (secondary N) is 1. The van der Waals surface area contributed by atoms with Gasteiger partial charge in [0.2, 0.25) is 10.0 Å². The first-order valence-corrected chi connectivity index (χ1v) is 17.9. The molecule has 0 aromatic heterocycles. The van der Waals surface area contributed by atoms with Crippen molar-refractivity contribution in [2.75, 3.05) is 30.2 Å². The van der Waals surface area contributed by atoms with Gasteiger partial charge in [0.25, 0.3) is 5.91 Å². The van der Waals surface area contributed by atoms with E-state index in [-0.39, 0.29) is 18.2 Å². The molecule has 2 aromatic carbocycles. The van der Waals surface area contributed by atoms with Crippen molar-refractivity contribution < 1.29 is 23.1 Å². The van der Waals surface area contributed by atoms with Crippen LogP contribution in [0.5, 0.6) is 0 Å². The molecule has 3 rings (SSSR count). The Hall–Kier alpha value is -2.07. The summed E-state index contributed by atoms with van der Waals surface area (Å²) < 4.78 is 28.3. The molecule has 1 saturated carbocycles. The first-order chi connectivity index (χ1) is 19.7. The lowest BCUT2D eigenvalue weighted by atomic mass is 9.87. The number of carbonyl (C=O) groups excluding carboxylic acids is 1. The molecule has 1 atom stereocenters. The van der Waals surface area contributed by atoms with Crippen LogP contribution in [0.4, 0.5) is 0 Å². The van der Waals surface area contributed by atoms with Crippen molar-refractivity contribution in [3.63, 3.8) is 0 Å². The number of hydrogen-bond donors (Lipinski definition) is 2. The predicted molar refractivity (Wildman–Crippen MR) is 169 cm³/mol. The van der Waals surface area contributed by atoms with E-state index in [4.69, 9.17) is 11.6 Å². The van der Waals surface area contributed by atoms with Gasteiger partial charge in [0.15, 0.2) is 0 Å². The van der Waals surface area contributed by atoms with E-state index in [0.717, 1.165) is 36.0 Å². The topological polar surface area (TPSA) is 104 Å². The molecule has 1 aliphatic carbocycles. The summed E-state index contributed by atoms with van der Waals surface area (Å²) in [5.41, 5.74) is 3.58. The molecule has 0 saturated heterocycles. The minimum atomic E-state index is -3.53. The fourth-order valence-electron chi connectivity index (χ4n) is 5.40. The number of benzene rings is 2. The van der Waals surface area contributed by atoms with Crippen molar-refractivity contribution >= 4 is 45.3 Å². The van der Waals surface area contributed by atoms with E-state index in [1.54, 1.807) is 16.4 Å². The Bertz CT molecular complexity index is 1260. The van der Waals surface area contributed by atoms with E-state index < -0.39 is 27.9 Å². The van der Waals surface area contributed by atoms with Gasteiger partial charge in [0.05, 0.1) is 5.75 Å². The third-order valence-corrected chi connectivity index (χ3v) is 10.6. The zero-order valence-corrected chi connectivity index (χ0v) is 26.5. The first kappa shape index (κ1) is 33.4. The summed E-state index contributed by atoms with van der Waals surface area (Å²) in [4.78, 5) is 25.2. The van der Waals surface area contributed by atoms with Gasteiger partial charge >= 0.3 is 5.97 Å². The molecule has 226 valence electrons. The second kappa shape index (κ2) is 16.5. The molecule has 1 fully saturated rings. The van der Waals surface area contributed by atoms with Crippen molar-refractivity contribution in [3.8, 4) is 11.1 Å². The molecule has 1 amide bonds. The number of carbonyl (C=O) groups is 2. The fourth-order valence-corrected chi connectivity index (χ4v) is 7.66. The summed E-state index contributed by atoms with van der Waals surface area (Å²) in [7, 11) is -3.53. The van der Waals surface area contributed by atoms with Crippen LogP contribution >= 0.6 is 23.4 Å². The normalized spacial score (nSPS) is 15.1. The zero-order valence-electron chi connectivity index (χ0n) is 24.1. The second-order valence-corrected chi connectivity index (χ2v) is 14.3. The van der Waals surface area contributed by atoms with Gasteiger partial charge in [-0.3, -0.25) is 4.79 Å². The number of hydrogen-bond acceptors (Lipinski definition) is 5. The number of carboxylic acid groups (broad SMARTS) is 1. The Morgan fingerprint density at radius 2 is 1.85 bits per heavy atom. The number of thioether (sulfide) groups is 1. The van der Waals surface area contributed by atoms with Crippen LogP contribution < -0.4 is 5.32 Å². The number of sulfonamides is 1. The summed E-state index contributed by atoms with van der Waals surface area (Å²) >= 11 is 7.37. The highest BCUT2D eigenvalue weighted by Gasteiger charge is 2.26. The van der Waals surface area contributed by atoms with Crippen LogP contribution in [0.2, 0.25) is 0 Å².